The third-order valence-electron chi connectivity index (χ3n) is 1.08. The van der Waals surface area contributed by atoms with Crippen LogP contribution in [0, 0.1) is 51.6 Å². The van der Waals surface area contributed by atoms with Gasteiger partial charge in [0.1, 0.15) is 0 Å². The van der Waals surface area contributed by atoms with E-state index in [1.165, 1.54) is 7.11 Å². The van der Waals surface area contributed by atoms with Gasteiger partial charge in [-0.3, -0.25) is 4.79 Å². The summed E-state index contributed by atoms with van der Waals surface area (Å²) >= 11 is 0. The van der Waals surface area contributed by atoms with Crippen molar-refractivity contribution >= 4 is 5.97 Å². The summed E-state index contributed by atoms with van der Waals surface area (Å²) in [5, 5.41) is 0. The van der Waals surface area contributed by atoms with Crippen molar-refractivity contribution in [1.29, 1.82) is 0 Å². The van der Waals surface area contributed by atoms with Crippen molar-refractivity contribution in [3.63, 3.8) is 0 Å². The zero-order valence-electron chi connectivity index (χ0n) is 8.23. The van der Waals surface area contributed by atoms with Crippen LogP contribution >= 0.6 is 0 Å². The van der Waals surface area contributed by atoms with E-state index in [-0.39, 0.29) is 26.4 Å². The maximum atomic E-state index is 10.7. The normalized spacial score (nSPS) is 11.7. The number of methoxy groups -OCH3 is 1. The van der Waals surface area contributed by atoms with Gasteiger partial charge in [-0.05, 0) is 25.7 Å². The van der Waals surface area contributed by atoms with Gasteiger partial charge in [0.05, 0.1) is 13.0 Å². The molecule has 0 saturated heterocycles. The van der Waals surface area contributed by atoms with Crippen LogP contribution in [0.2, 0.25) is 0 Å². The molecule has 0 bridgehead atoms. The van der Waals surface area contributed by atoms with Crippen molar-refractivity contribution in [2.45, 2.75) is 0 Å². The van der Waals surface area contributed by atoms with Crippen LogP contribution in [0.4, 0.5) is 0 Å². The van der Waals surface area contributed by atoms with E-state index in [4.69, 9.17) is 14.0 Å². The predicted molar refractivity (Wildman–Crippen MR) is 44.2 cm³/mol. The minimum atomic E-state index is -0.278. The Balaban J connectivity index is -0.0000000900. The number of carbonyl (C=O) groups excluding carboxylic acids is 1. The third-order valence-corrected chi connectivity index (χ3v) is 1.08. The van der Waals surface area contributed by atoms with Gasteiger partial charge in [-0.1, -0.05) is 0 Å². The van der Waals surface area contributed by atoms with Crippen LogP contribution < -0.4 is 0 Å². The van der Waals surface area contributed by atoms with Gasteiger partial charge >= 0.3 is 39.9 Å². The monoisotopic (exact) mass is 394 g/mol. The Kier molecular flexibility index (Phi) is 36.6. The van der Waals surface area contributed by atoms with Crippen molar-refractivity contribution in [3.8, 4) is 0 Å². The maximum Gasteiger partial charge on any atom is 0 e. The Morgan fingerprint density at radius 3 is 1.62 bits per heavy atom. The van der Waals surface area contributed by atoms with E-state index in [0.29, 0.717) is 5.92 Å². The second kappa shape index (κ2) is 23.9. The first-order valence-corrected chi connectivity index (χ1v) is 3.26. The minimum Gasteiger partial charge on any atom is 0 e. The second-order valence-corrected chi connectivity index (χ2v) is 1.67. The van der Waals surface area contributed by atoms with E-state index < -0.39 is 0 Å². The summed E-state index contributed by atoms with van der Waals surface area (Å²) in [5.41, 5.74) is 0. The van der Waals surface area contributed by atoms with Gasteiger partial charge in [-0.25, -0.2) is 0 Å². The summed E-state index contributed by atoms with van der Waals surface area (Å²) in [5.74, 6) is 0.331. The molecule has 0 aromatic rings. The molecule has 1 rings (SSSR count). The topological polar surface area (TPSA) is 86.0 Å². The van der Waals surface area contributed by atoms with Crippen molar-refractivity contribution in [3.05, 3.63) is 51.6 Å². The molecule has 0 aromatic carbocycles. The summed E-state index contributed by atoms with van der Waals surface area (Å²) in [4.78, 5) is 10.7. The average molecular weight is 393 g/mol. The Morgan fingerprint density at radius 1 is 1.06 bits per heavy atom. The summed E-state index contributed by atoms with van der Waals surface area (Å²) in [6, 6.07) is 0. The fourth-order valence-electron chi connectivity index (χ4n) is 0.628. The van der Waals surface area contributed by atoms with Crippen molar-refractivity contribution in [2.75, 3.05) is 7.11 Å². The van der Waals surface area contributed by atoms with Gasteiger partial charge in [0, 0.05) is 20.4 Å². The number of esters is 1. The summed E-state index contributed by atoms with van der Waals surface area (Å²) < 4.78 is 27.0. The Labute approximate surface area is 109 Å². The van der Waals surface area contributed by atoms with E-state index >= 15 is 0 Å². The van der Waals surface area contributed by atoms with Crippen LogP contribution in [0.1, 0.15) is 0 Å². The van der Waals surface area contributed by atoms with Gasteiger partial charge in [-0.2, -0.15) is 0 Å². The molecule has 5 nitrogen and oxygen atoms in total. The molecule has 0 heterocycles. The molecule has 16 heavy (non-hydrogen) atoms. The number of hydrogen-bond donors (Lipinski definition) is 0. The fourth-order valence-corrected chi connectivity index (χ4v) is 0.628. The van der Waals surface area contributed by atoms with Crippen LogP contribution in [0.5, 0.6) is 0 Å². The second-order valence-electron chi connectivity index (χ2n) is 1.67. The first-order valence-electron chi connectivity index (χ1n) is 3.26. The Bertz CT molecular complexity index is 189. The van der Waals surface area contributed by atoms with E-state index in [0.717, 1.165) is 0 Å². The molecule has 0 aliphatic heterocycles. The van der Waals surface area contributed by atoms with Crippen molar-refractivity contribution in [2.24, 2.45) is 0 Å². The Morgan fingerprint density at radius 2 is 1.38 bits per heavy atom. The van der Waals surface area contributed by atoms with E-state index in [2.05, 4.69) is 24.7 Å². The van der Waals surface area contributed by atoms with Crippen molar-refractivity contribution < 1.29 is 43.9 Å². The number of rotatable bonds is 1. The molecule has 84 valence electrons. The zero-order valence-corrected chi connectivity index (χ0v) is 10.9. The molecule has 0 unspecified atom stereocenters. The first-order chi connectivity index (χ1) is 7.34. The van der Waals surface area contributed by atoms with Gasteiger partial charge in [0.15, 0.2) is 0 Å². The molecule has 1 aliphatic carbocycles. The molecule has 0 atom stereocenters. The van der Waals surface area contributed by atoms with Gasteiger partial charge in [-0.15, -0.1) is 0 Å². The quantitative estimate of drug-likeness (QED) is 0.368. The van der Waals surface area contributed by atoms with Crippen LogP contribution in [0.15, 0.2) is 0 Å². The summed E-state index contributed by atoms with van der Waals surface area (Å²) in [7, 11) is 1.37. The third kappa shape index (κ3) is 13.4. The van der Waals surface area contributed by atoms with Crippen LogP contribution in [0.3, 0.4) is 0 Å². The first kappa shape index (κ1) is 24.5. The smallest absolute Gasteiger partial charge is 0 e. The molecule has 1 aliphatic rings. The van der Waals surface area contributed by atoms with Crippen LogP contribution in [-0.2, 0) is 43.9 Å². The molecule has 1 saturated carbocycles. The molecular formula is C10H7O5Re. The molecule has 0 spiro atoms. The van der Waals surface area contributed by atoms with Crippen molar-refractivity contribution in [1.82, 2.24) is 0 Å². The number of ether oxygens (including phenoxy) is 1. The maximum absolute atomic E-state index is 10.7. The molecule has 0 aromatic heterocycles. The van der Waals surface area contributed by atoms with E-state index in [9.17, 15) is 4.79 Å². The Hall–Kier alpha value is -0.648. The largest absolute Gasteiger partial charge is 0 e. The molecule has 0 N–H and O–H groups in total. The fraction of sp³-hybridized carbons (Fsp3) is 0.100. The SMILES string of the molecule is COC(=O)[C]1[CH][CH][CH][CH]1.[C-]#[O+].[C-]#[O+].[C-]#[O+].[Re]. The van der Waals surface area contributed by atoms with Crippen LogP contribution in [0.25, 0.3) is 0 Å². The van der Waals surface area contributed by atoms with E-state index in [1.807, 2.05) is 0 Å². The number of carbonyl (C=O) groups is 1. The number of hydrogen-bond acceptors (Lipinski definition) is 2. The molecule has 1 fully saturated rings. The van der Waals surface area contributed by atoms with Crippen LogP contribution in [-0.4, -0.2) is 13.1 Å². The average Bonchev–Trinajstić information content (AvgIpc) is 2.89. The van der Waals surface area contributed by atoms with Gasteiger partial charge in [0.25, 0.3) is 0 Å². The van der Waals surface area contributed by atoms with Gasteiger partial charge < -0.3 is 4.74 Å². The zero-order chi connectivity index (χ0) is 12.7. The predicted octanol–water partition coefficient (Wildman–Crippen LogP) is 0.450. The summed E-state index contributed by atoms with van der Waals surface area (Å²) in [6.07, 6.45) is 7.02. The molecule has 0 amide bonds. The summed E-state index contributed by atoms with van der Waals surface area (Å²) in [6.45, 7) is 13.5. The molecular weight excluding hydrogens is 386 g/mol. The molecule has 6 heteroatoms. The van der Waals surface area contributed by atoms with E-state index in [1.54, 1.807) is 25.7 Å². The van der Waals surface area contributed by atoms with Gasteiger partial charge in [0.2, 0.25) is 0 Å². The standard InChI is InChI=1S/C7H7O2.3CO.Re/c1-9-7(8)6-4-2-3-5-6;3*1-2;/h2-5H,1H3;;;;. The minimum absolute atomic E-state index is 0. The molecule has 6 radical (unpaired) electrons.